The van der Waals surface area contributed by atoms with Crippen molar-refractivity contribution in [3.8, 4) is 5.75 Å². The second-order valence-electron chi connectivity index (χ2n) is 15.1. The molecule has 7 unspecified atom stereocenters. The number of carbonyl (C=O) groups is 6. The predicted molar refractivity (Wildman–Crippen MR) is 211 cm³/mol. The minimum atomic E-state index is -1.23. The standard InChI is InChI=1S/C41H56N8O8/c1-5-25(4)36(48-37(52)31(18-27-13-15-29(50)16-14-27)45-35(51)21-30(42)24(2)3)39(54)46-32(20-28-22-43-23-44-28)40(55)49-17-9-12-34(49)38(53)47-33(41(56)57)19-26-10-7-6-8-11-26/h6-8,10-11,13-16,22-25,30-34,36,50H,5,9,12,17-21,42H2,1-4H3,(H,43,44)(H,45,51)(H,46,54)(H,47,53)(H,48,52)(H,56,57). The Balaban J connectivity index is 1.54. The number of benzene rings is 2. The third-order valence-electron chi connectivity index (χ3n) is 10.4. The van der Waals surface area contributed by atoms with Crippen molar-refractivity contribution in [3.05, 3.63) is 83.9 Å². The molecule has 1 aliphatic rings. The summed E-state index contributed by atoms with van der Waals surface area (Å²) >= 11 is 0. The van der Waals surface area contributed by atoms with E-state index in [-0.39, 0.29) is 43.9 Å². The third-order valence-corrected chi connectivity index (χ3v) is 10.4. The number of imidazole rings is 1. The second kappa shape index (κ2) is 20.9. The molecule has 0 aliphatic carbocycles. The van der Waals surface area contributed by atoms with Crippen LogP contribution in [0.5, 0.6) is 5.75 Å². The van der Waals surface area contributed by atoms with Crippen LogP contribution in [0.4, 0.5) is 0 Å². The van der Waals surface area contributed by atoms with E-state index < -0.39 is 77.7 Å². The van der Waals surface area contributed by atoms with Crippen LogP contribution in [0.1, 0.15) is 70.2 Å². The van der Waals surface area contributed by atoms with E-state index in [0.717, 1.165) is 5.56 Å². The normalized spacial score (nSPS) is 17.1. The molecule has 2 heterocycles. The number of phenolic OH excluding ortho intramolecular Hbond substituents is 1. The molecule has 0 saturated carbocycles. The Bertz CT molecular complexity index is 1800. The van der Waals surface area contributed by atoms with Gasteiger partial charge in [-0.05, 0) is 47.9 Å². The molecule has 4 rings (SSSR count). The lowest BCUT2D eigenvalue weighted by Crippen LogP contribution is -2.60. The number of amides is 5. The highest BCUT2D eigenvalue weighted by Gasteiger charge is 2.40. The number of nitrogens with one attached hydrogen (secondary N) is 5. The molecule has 5 amide bonds. The summed E-state index contributed by atoms with van der Waals surface area (Å²) in [5.74, 6) is -4.48. The second-order valence-corrected chi connectivity index (χ2v) is 15.1. The molecular weight excluding hydrogens is 732 g/mol. The summed E-state index contributed by atoms with van der Waals surface area (Å²) in [6.07, 6.45) is 4.25. The molecular formula is C41H56N8O8. The number of hydrogen-bond acceptors (Lipinski definition) is 9. The van der Waals surface area contributed by atoms with E-state index in [1.54, 1.807) is 49.4 Å². The van der Waals surface area contributed by atoms with Crippen LogP contribution < -0.4 is 27.0 Å². The molecule has 3 aromatic rings. The topological polar surface area (TPSA) is 249 Å². The lowest BCUT2D eigenvalue weighted by atomic mass is 9.96. The maximum absolute atomic E-state index is 14.3. The number of likely N-dealkylation sites (tertiary alicyclic amines) is 1. The number of H-pyrrole nitrogens is 1. The first kappa shape index (κ1) is 44.0. The van der Waals surface area contributed by atoms with E-state index in [1.165, 1.54) is 29.6 Å². The van der Waals surface area contributed by atoms with Gasteiger partial charge < -0.3 is 47.1 Å². The maximum Gasteiger partial charge on any atom is 0.326 e. The van der Waals surface area contributed by atoms with E-state index in [0.29, 0.717) is 30.5 Å². The van der Waals surface area contributed by atoms with Crippen molar-refractivity contribution >= 4 is 35.5 Å². The number of aromatic hydroxyl groups is 1. The minimum absolute atomic E-state index is 0.0159. The van der Waals surface area contributed by atoms with Gasteiger partial charge in [-0.1, -0.05) is 76.6 Å². The highest BCUT2D eigenvalue weighted by molar-refractivity contribution is 5.96. The number of rotatable bonds is 20. The average Bonchev–Trinajstić information content (AvgIpc) is 3.90. The molecule has 1 aromatic heterocycles. The van der Waals surface area contributed by atoms with Crippen molar-refractivity contribution in [1.82, 2.24) is 36.1 Å². The van der Waals surface area contributed by atoms with Crippen molar-refractivity contribution in [2.24, 2.45) is 17.6 Å². The number of phenols is 1. The molecule has 0 spiro atoms. The first-order valence-corrected chi connectivity index (χ1v) is 19.4. The molecule has 9 N–H and O–H groups in total. The predicted octanol–water partition coefficient (Wildman–Crippen LogP) is 1.58. The van der Waals surface area contributed by atoms with Crippen LogP contribution in [-0.2, 0) is 48.0 Å². The molecule has 57 heavy (non-hydrogen) atoms. The van der Waals surface area contributed by atoms with Crippen LogP contribution in [0, 0.1) is 11.8 Å². The van der Waals surface area contributed by atoms with E-state index in [2.05, 4.69) is 31.2 Å². The van der Waals surface area contributed by atoms with Gasteiger partial charge in [0.15, 0.2) is 0 Å². The Kier molecular flexibility index (Phi) is 16.2. The van der Waals surface area contributed by atoms with Gasteiger partial charge in [-0.2, -0.15) is 0 Å². The molecule has 0 radical (unpaired) electrons. The fourth-order valence-electron chi connectivity index (χ4n) is 6.63. The van der Waals surface area contributed by atoms with E-state index in [4.69, 9.17) is 5.73 Å². The number of nitrogens with zero attached hydrogens (tertiary/aromatic N) is 2. The van der Waals surface area contributed by atoms with Crippen LogP contribution in [0.15, 0.2) is 67.1 Å². The van der Waals surface area contributed by atoms with Crippen molar-refractivity contribution in [3.63, 3.8) is 0 Å². The van der Waals surface area contributed by atoms with Crippen molar-refractivity contribution in [2.75, 3.05) is 6.54 Å². The van der Waals surface area contributed by atoms with Crippen molar-refractivity contribution in [2.45, 2.75) is 109 Å². The fraction of sp³-hybridized carbons (Fsp3) is 0.488. The first-order valence-electron chi connectivity index (χ1n) is 19.4. The lowest BCUT2D eigenvalue weighted by Gasteiger charge is -2.31. The number of aromatic amines is 1. The molecule has 16 heteroatoms. The largest absolute Gasteiger partial charge is 0.508 e. The van der Waals surface area contributed by atoms with Gasteiger partial charge in [0.25, 0.3) is 0 Å². The molecule has 308 valence electrons. The molecule has 7 atom stereocenters. The highest BCUT2D eigenvalue weighted by Crippen LogP contribution is 2.21. The summed E-state index contributed by atoms with van der Waals surface area (Å²) < 4.78 is 0. The average molecular weight is 789 g/mol. The zero-order valence-corrected chi connectivity index (χ0v) is 32.9. The molecule has 16 nitrogen and oxygen atoms in total. The van der Waals surface area contributed by atoms with Gasteiger partial charge >= 0.3 is 5.97 Å². The maximum atomic E-state index is 14.3. The summed E-state index contributed by atoms with van der Waals surface area (Å²) in [6.45, 7) is 7.61. The third kappa shape index (κ3) is 12.9. The van der Waals surface area contributed by atoms with Gasteiger partial charge in [0.1, 0.15) is 36.0 Å². The first-order chi connectivity index (χ1) is 27.2. The number of carboxylic acid groups (broad SMARTS) is 1. The lowest BCUT2D eigenvalue weighted by molar-refractivity contribution is -0.145. The van der Waals surface area contributed by atoms with Gasteiger partial charge in [0.2, 0.25) is 29.5 Å². The van der Waals surface area contributed by atoms with Gasteiger partial charge in [0.05, 0.1) is 6.33 Å². The van der Waals surface area contributed by atoms with E-state index in [9.17, 15) is 39.0 Å². The number of hydrogen-bond donors (Lipinski definition) is 8. The van der Waals surface area contributed by atoms with Crippen LogP contribution in [-0.4, -0.2) is 103 Å². The molecule has 1 saturated heterocycles. The minimum Gasteiger partial charge on any atom is -0.508 e. The highest BCUT2D eigenvalue weighted by atomic mass is 16.4. The van der Waals surface area contributed by atoms with Crippen LogP contribution in [0.25, 0.3) is 0 Å². The molecule has 2 aromatic carbocycles. The fourth-order valence-corrected chi connectivity index (χ4v) is 6.63. The number of carboxylic acids is 1. The van der Waals surface area contributed by atoms with Crippen LogP contribution in [0.3, 0.4) is 0 Å². The summed E-state index contributed by atoms with van der Waals surface area (Å²) in [5, 5.41) is 30.7. The molecule has 0 bridgehead atoms. The van der Waals surface area contributed by atoms with E-state index >= 15 is 0 Å². The zero-order valence-electron chi connectivity index (χ0n) is 32.9. The summed E-state index contributed by atoms with van der Waals surface area (Å²) in [7, 11) is 0. The Morgan fingerprint density at radius 2 is 1.53 bits per heavy atom. The number of aliphatic carboxylic acids is 1. The summed E-state index contributed by atoms with van der Waals surface area (Å²) in [5.41, 5.74) is 8.04. The number of aromatic nitrogens is 2. The van der Waals surface area contributed by atoms with Crippen molar-refractivity contribution < 1.29 is 39.0 Å². The SMILES string of the molecule is CCC(C)C(NC(=O)C(Cc1ccc(O)cc1)NC(=O)CC(N)C(C)C)C(=O)NC(Cc1cnc[nH]1)C(=O)N1CCCC1C(=O)NC(Cc1ccccc1)C(=O)O. The number of nitrogens with two attached hydrogens (primary N) is 1. The monoisotopic (exact) mass is 788 g/mol. The van der Waals surface area contributed by atoms with E-state index in [1.807, 2.05) is 20.8 Å². The summed E-state index contributed by atoms with van der Waals surface area (Å²) in [6, 6.07) is 8.99. The van der Waals surface area contributed by atoms with Gasteiger partial charge in [-0.3, -0.25) is 24.0 Å². The van der Waals surface area contributed by atoms with Gasteiger partial charge in [0, 0.05) is 50.2 Å². The molecule has 1 aliphatic heterocycles. The Hall–Kier alpha value is -5.77. The van der Waals surface area contributed by atoms with Crippen LogP contribution >= 0.6 is 0 Å². The summed E-state index contributed by atoms with van der Waals surface area (Å²) in [4.78, 5) is 89.7. The van der Waals surface area contributed by atoms with Gasteiger partial charge in [-0.25, -0.2) is 9.78 Å². The molecule has 1 fully saturated rings. The quantitative estimate of drug-likeness (QED) is 0.0821. The smallest absolute Gasteiger partial charge is 0.326 e. The Morgan fingerprint density at radius 3 is 2.14 bits per heavy atom. The van der Waals surface area contributed by atoms with Crippen LogP contribution in [0.2, 0.25) is 0 Å². The van der Waals surface area contributed by atoms with Gasteiger partial charge in [-0.15, -0.1) is 0 Å². The number of carbonyl (C=O) groups excluding carboxylic acids is 5. The zero-order chi connectivity index (χ0) is 41.6. The Morgan fingerprint density at radius 1 is 0.860 bits per heavy atom. The van der Waals surface area contributed by atoms with Crippen molar-refractivity contribution in [1.29, 1.82) is 0 Å². The Labute approximate surface area is 332 Å².